The van der Waals surface area contributed by atoms with Crippen LogP contribution in [0, 0.1) is 6.92 Å². The summed E-state index contributed by atoms with van der Waals surface area (Å²) < 4.78 is 0. The number of hydrogen-bond acceptors (Lipinski definition) is 4. The van der Waals surface area contributed by atoms with Crippen molar-refractivity contribution in [2.75, 3.05) is 39.3 Å². The van der Waals surface area contributed by atoms with Crippen LogP contribution in [0.5, 0.6) is 0 Å². The minimum absolute atomic E-state index is 0.0510. The highest BCUT2D eigenvalue weighted by atomic mass is 32.1. The van der Waals surface area contributed by atoms with Gasteiger partial charge in [-0.1, -0.05) is 30.8 Å². The molecule has 1 fully saturated rings. The summed E-state index contributed by atoms with van der Waals surface area (Å²) in [5.74, 6) is 0.102. The van der Waals surface area contributed by atoms with E-state index in [9.17, 15) is 9.59 Å². The van der Waals surface area contributed by atoms with Crippen molar-refractivity contribution in [3.05, 3.63) is 69.9 Å². The molecule has 0 radical (unpaired) electrons. The van der Waals surface area contributed by atoms with Crippen LogP contribution < -0.4 is 0 Å². The van der Waals surface area contributed by atoms with Gasteiger partial charge in [0.1, 0.15) is 0 Å². The van der Waals surface area contributed by atoms with E-state index >= 15 is 0 Å². The predicted octanol–water partition coefficient (Wildman–Crippen LogP) is 3.25. The highest BCUT2D eigenvalue weighted by Gasteiger charge is 2.33. The van der Waals surface area contributed by atoms with Gasteiger partial charge in [0.25, 0.3) is 0 Å². The third-order valence-electron chi connectivity index (χ3n) is 6.22. The zero-order valence-corrected chi connectivity index (χ0v) is 18.4. The fourth-order valence-corrected chi connectivity index (χ4v) is 5.49. The molecular weight excluding hydrogens is 394 g/mol. The summed E-state index contributed by atoms with van der Waals surface area (Å²) >= 11 is 1.82. The van der Waals surface area contributed by atoms with Gasteiger partial charge in [-0.15, -0.1) is 11.3 Å². The predicted molar refractivity (Wildman–Crippen MR) is 121 cm³/mol. The second-order valence-electron chi connectivity index (χ2n) is 8.04. The molecule has 0 N–H and O–H groups in total. The summed E-state index contributed by atoms with van der Waals surface area (Å²) in [5.41, 5.74) is 3.88. The minimum Gasteiger partial charge on any atom is -0.340 e. The number of thiophene rings is 1. The molecule has 1 aromatic carbocycles. The molecule has 4 rings (SSSR count). The van der Waals surface area contributed by atoms with Gasteiger partial charge in [0, 0.05) is 37.6 Å². The molecule has 0 aliphatic carbocycles. The van der Waals surface area contributed by atoms with Crippen molar-refractivity contribution in [2.24, 2.45) is 0 Å². The van der Waals surface area contributed by atoms with Gasteiger partial charge in [-0.25, -0.2) is 0 Å². The van der Waals surface area contributed by atoms with E-state index in [1.165, 1.54) is 27.6 Å². The zero-order valence-electron chi connectivity index (χ0n) is 17.5. The van der Waals surface area contributed by atoms with E-state index in [1.807, 2.05) is 16.2 Å². The number of aryl methyl sites for hydroxylation is 1. The smallest absolute Gasteiger partial charge is 0.246 e. The third-order valence-corrected chi connectivity index (χ3v) is 7.22. The molecule has 6 heteroatoms. The molecule has 2 aromatic rings. The van der Waals surface area contributed by atoms with Crippen molar-refractivity contribution < 1.29 is 9.59 Å². The van der Waals surface area contributed by atoms with Gasteiger partial charge in [0.2, 0.25) is 11.8 Å². The van der Waals surface area contributed by atoms with Crippen LogP contribution in [0.1, 0.15) is 34.0 Å². The van der Waals surface area contributed by atoms with Crippen LogP contribution in [0.2, 0.25) is 0 Å². The Balaban J connectivity index is 1.51. The van der Waals surface area contributed by atoms with E-state index in [4.69, 9.17) is 0 Å². The molecule has 1 unspecified atom stereocenters. The highest BCUT2D eigenvalue weighted by molar-refractivity contribution is 7.10. The summed E-state index contributed by atoms with van der Waals surface area (Å²) in [6, 6.07) is 10.8. The number of fused-ring (bicyclic) bond motifs is 1. The van der Waals surface area contributed by atoms with E-state index in [-0.39, 0.29) is 17.9 Å². The molecule has 1 saturated heterocycles. The van der Waals surface area contributed by atoms with Crippen molar-refractivity contribution in [3.8, 4) is 0 Å². The lowest BCUT2D eigenvalue weighted by Crippen LogP contribution is -2.45. The number of rotatable bonds is 4. The largest absolute Gasteiger partial charge is 0.340 e. The van der Waals surface area contributed by atoms with Crippen molar-refractivity contribution in [2.45, 2.75) is 25.8 Å². The van der Waals surface area contributed by atoms with Gasteiger partial charge in [-0.2, -0.15) is 0 Å². The molecule has 1 aromatic heterocycles. The van der Waals surface area contributed by atoms with Gasteiger partial charge in [-0.05, 0) is 54.0 Å². The average molecular weight is 424 g/mol. The SMILES string of the molecule is C=CC(=O)N1CCCN(C(=O)CN2CCc3sccc3C2c2ccccc2C)CC1. The van der Waals surface area contributed by atoms with Crippen LogP contribution >= 0.6 is 11.3 Å². The van der Waals surface area contributed by atoms with Crippen LogP contribution in [-0.2, 0) is 16.0 Å². The normalized spacial score (nSPS) is 19.8. The van der Waals surface area contributed by atoms with Crippen molar-refractivity contribution >= 4 is 23.2 Å². The second kappa shape index (κ2) is 9.14. The van der Waals surface area contributed by atoms with Gasteiger partial charge in [0.15, 0.2) is 0 Å². The van der Waals surface area contributed by atoms with Gasteiger partial charge < -0.3 is 9.80 Å². The van der Waals surface area contributed by atoms with E-state index in [0.717, 1.165) is 19.4 Å². The van der Waals surface area contributed by atoms with Crippen LogP contribution in [0.15, 0.2) is 48.4 Å². The summed E-state index contributed by atoms with van der Waals surface area (Å²) in [7, 11) is 0. The summed E-state index contributed by atoms with van der Waals surface area (Å²) in [6.07, 6.45) is 3.15. The highest BCUT2D eigenvalue weighted by Crippen LogP contribution is 2.38. The molecule has 2 aliphatic heterocycles. The monoisotopic (exact) mass is 423 g/mol. The number of benzene rings is 1. The lowest BCUT2D eigenvalue weighted by Gasteiger charge is -2.37. The lowest BCUT2D eigenvalue weighted by atomic mass is 9.90. The van der Waals surface area contributed by atoms with E-state index in [1.54, 1.807) is 4.90 Å². The average Bonchev–Trinajstić information content (AvgIpc) is 3.09. The number of hydrogen-bond donors (Lipinski definition) is 0. The molecule has 1 atom stereocenters. The first-order valence-electron chi connectivity index (χ1n) is 10.6. The van der Waals surface area contributed by atoms with Gasteiger partial charge in [-0.3, -0.25) is 14.5 Å². The first-order valence-corrected chi connectivity index (χ1v) is 11.5. The van der Waals surface area contributed by atoms with Gasteiger partial charge in [0.05, 0.1) is 12.6 Å². The first-order chi connectivity index (χ1) is 14.6. The molecule has 2 amide bonds. The van der Waals surface area contributed by atoms with Crippen LogP contribution in [0.3, 0.4) is 0 Å². The Morgan fingerprint density at radius 3 is 2.63 bits per heavy atom. The molecular formula is C24H29N3O2S. The Labute approximate surface area is 182 Å². The molecule has 0 spiro atoms. The fourth-order valence-electron chi connectivity index (χ4n) is 4.59. The summed E-state index contributed by atoms with van der Waals surface area (Å²) in [6.45, 7) is 9.56. The molecule has 2 aliphatic rings. The molecule has 5 nitrogen and oxygen atoms in total. The fraction of sp³-hybridized carbons (Fsp3) is 0.417. The number of carbonyl (C=O) groups excluding carboxylic acids is 2. The van der Waals surface area contributed by atoms with E-state index < -0.39 is 0 Å². The summed E-state index contributed by atoms with van der Waals surface area (Å²) in [5, 5.41) is 2.17. The maximum Gasteiger partial charge on any atom is 0.246 e. The number of carbonyl (C=O) groups is 2. The topological polar surface area (TPSA) is 43.9 Å². The van der Waals surface area contributed by atoms with E-state index in [2.05, 4.69) is 54.1 Å². The summed E-state index contributed by atoms with van der Waals surface area (Å²) in [4.78, 5) is 32.6. The zero-order chi connectivity index (χ0) is 21.1. The maximum absolute atomic E-state index is 13.2. The van der Waals surface area contributed by atoms with Crippen LogP contribution in [0.4, 0.5) is 0 Å². The number of amides is 2. The molecule has 0 bridgehead atoms. The Morgan fingerprint density at radius 1 is 1.07 bits per heavy atom. The first kappa shape index (κ1) is 20.8. The Hall–Kier alpha value is -2.44. The van der Waals surface area contributed by atoms with Crippen molar-refractivity contribution in [3.63, 3.8) is 0 Å². The quantitative estimate of drug-likeness (QED) is 0.709. The molecule has 3 heterocycles. The third kappa shape index (κ3) is 4.20. The Morgan fingerprint density at radius 2 is 1.83 bits per heavy atom. The second-order valence-corrected chi connectivity index (χ2v) is 9.04. The lowest BCUT2D eigenvalue weighted by molar-refractivity contribution is -0.133. The van der Waals surface area contributed by atoms with Crippen LogP contribution in [0.25, 0.3) is 0 Å². The number of nitrogens with zero attached hydrogens (tertiary/aromatic N) is 3. The van der Waals surface area contributed by atoms with E-state index in [0.29, 0.717) is 32.7 Å². The standard InChI is InChI=1S/C24H29N3O2S/c1-3-22(28)25-11-6-12-26(15-14-25)23(29)17-27-13-9-21-20(10-16-30-21)24(27)19-8-5-4-7-18(19)2/h3-5,7-8,10,16,24H,1,6,9,11-15,17H2,2H3. The molecule has 30 heavy (non-hydrogen) atoms. The minimum atomic E-state index is -0.0510. The van der Waals surface area contributed by atoms with Gasteiger partial charge >= 0.3 is 0 Å². The molecule has 158 valence electrons. The van der Waals surface area contributed by atoms with Crippen molar-refractivity contribution in [1.82, 2.24) is 14.7 Å². The maximum atomic E-state index is 13.2. The Bertz CT molecular complexity index is 938. The van der Waals surface area contributed by atoms with Crippen molar-refractivity contribution in [1.29, 1.82) is 0 Å². The molecule has 0 saturated carbocycles. The van der Waals surface area contributed by atoms with Crippen LogP contribution in [-0.4, -0.2) is 65.8 Å². The Kier molecular flexibility index (Phi) is 6.35.